The lowest BCUT2D eigenvalue weighted by Crippen LogP contribution is -2.21. The molecule has 4 rings (SSSR count). The number of aromatic amines is 1. The molecular weight excluding hydrogens is 364 g/mol. The smallest absolute Gasteiger partial charge is 0.251 e. The van der Waals surface area contributed by atoms with Crippen molar-refractivity contribution in [1.82, 2.24) is 19.9 Å². The van der Waals surface area contributed by atoms with Crippen molar-refractivity contribution in [2.75, 3.05) is 13.1 Å². The fourth-order valence-corrected chi connectivity index (χ4v) is 3.77. The molecule has 1 aliphatic heterocycles. The highest BCUT2D eigenvalue weighted by atomic mass is 16.5. The van der Waals surface area contributed by atoms with Crippen molar-refractivity contribution in [3.8, 4) is 17.3 Å². The van der Waals surface area contributed by atoms with Crippen LogP contribution in [0.4, 0.5) is 0 Å². The first kappa shape index (κ1) is 19.3. The Kier molecular flexibility index (Phi) is 5.71. The average molecular weight is 390 g/mol. The molecule has 1 aromatic carbocycles. The van der Waals surface area contributed by atoms with E-state index in [9.17, 15) is 4.79 Å². The van der Waals surface area contributed by atoms with E-state index >= 15 is 0 Å². The third-order valence-electron chi connectivity index (χ3n) is 5.04. The zero-order valence-corrected chi connectivity index (χ0v) is 16.8. The number of nitrogens with zero attached hydrogens (tertiary/aromatic N) is 3. The summed E-state index contributed by atoms with van der Waals surface area (Å²) in [5.41, 5.74) is 2.63. The number of benzene rings is 1. The van der Waals surface area contributed by atoms with E-state index in [1.54, 1.807) is 12.3 Å². The molecule has 1 saturated heterocycles. The predicted octanol–water partition coefficient (Wildman–Crippen LogP) is 3.61. The summed E-state index contributed by atoms with van der Waals surface area (Å²) in [6.45, 7) is 6.79. The molecule has 0 amide bonds. The van der Waals surface area contributed by atoms with Gasteiger partial charge in [0.25, 0.3) is 5.56 Å². The molecule has 150 valence electrons. The Labute approximate surface area is 170 Å². The van der Waals surface area contributed by atoms with Crippen LogP contribution in [0, 0.1) is 0 Å². The van der Waals surface area contributed by atoms with Crippen LogP contribution in [0.3, 0.4) is 0 Å². The van der Waals surface area contributed by atoms with Gasteiger partial charge in [-0.25, -0.2) is 4.98 Å². The average Bonchev–Trinajstić information content (AvgIpc) is 3.16. The molecule has 3 heterocycles. The molecule has 0 spiro atoms. The molecule has 6 nitrogen and oxygen atoms in total. The summed E-state index contributed by atoms with van der Waals surface area (Å²) in [5, 5.41) is 0. The van der Waals surface area contributed by atoms with Gasteiger partial charge >= 0.3 is 0 Å². The summed E-state index contributed by atoms with van der Waals surface area (Å²) in [6, 6.07) is 15.5. The summed E-state index contributed by atoms with van der Waals surface area (Å²) in [6.07, 6.45) is 2.86. The van der Waals surface area contributed by atoms with Crippen LogP contribution in [-0.2, 0) is 6.54 Å². The van der Waals surface area contributed by atoms with Gasteiger partial charge in [-0.05, 0) is 56.6 Å². The van der Waals surface area contributed by atoms with Gasteiger partial charge in [0.05, 0.1) is 11.8 Å². The molecule has 1 N–H and O–H groups in total. The molecule has 1 atom stereocenters. The lowest BCUT2D eigenvalue weighted by atomic mass is 10.0. The maximum Gasteiger partial charge on any atom is 0.251 e. The van der Waals surface area contributed by atoms with Crippen molar-refractivity contribution < 1.29 is 4.74 Å². The summed E-state index contributed by atoms with van der Waals surface area (Å²) in [4.78, 5) is 26.4. The summed E-state index contributed by atoms with van der Waals surface area (Å²) in [7, 11) is 0. The van der Waals surface area contributed by atoms with Crippen LogP contribution in [0.2, 0.25) is 0 Å². The van der Waals surface area contributed by atoms with Gasteiger partial charge in [-0.15, -0.1) is 0 Å². The second-order valence-electron chi connectivity index (χ2n) is 7.77. The highest BCUT2D eigenvalue weighted by Gasteiger charge is 2.26. The topological polar surface area (TPSA) is 71.1 Å². The van der Waals surface area contributed by atoms with Gasteiger partial charge in [-0.2, -0.15) is 0 Å². The van der Waals surface area contributed by atoms with Gasteiger partial charge in [0.15, 0.2) is 5.82 Å². The summed E-state index contributed by atoms with van der Waals surface area (Å²) in [5.74, 6) is 1.68. The Morgan fingerprint density at radius 3 is 2.90 bits per heavy atom. The molecule has 2 aromatic heterocycles. The standard InChI is InChI=1S/C23H26N4O2/c1-16(2)29-19-7-5-6-17(12-19)14-27-11-9-18(15-27)21-13-22(28)26-23(25-21)20-8-3-4-10-24-20/h3-8,10,12-13,16,18H,9,11,14-15H2,1-2H3,(H,25,26,28)/t18-/m0/s1. The third-order valence-corrected chi connectivity index (χ3v) is 5.04. The van der Waals surface area contributed by atoms with E-state index in [2.05, 4.69) is 27.0 Å². The SMILES string of the molecule is CC(C)Oc1cccc(CN2CC[C@H](c3cc(=O)[nH]c(-c4ccccn4)n3)C2)c1. The number of likely N-dealkylation sites (tertiary alicyclic amines) is 1. The monoisotopic (exact) mass is 390 g/mol. The first-order valence-electron chi connectivity index (χ1n) is 10.1. The highest BCUT2D eigenvalue weighted by molar-refractivity contribution is 5.48. The van der Waals surface area contributed by atoms with Crippen LogP contribution >= 0.6 is 0 Å². The first-order valence-corrected chi connectivity index (χ1v) is 10.1. The summed E-state index contributed by atoms with van der Waals surface area (Å²) < 4.78 is 5.81. The number of H-pyrrole nitrogens is 1. The molecule has 0 unspecified atom stereocenters. The van der Waals surface area contributed by atoms with E-state index in [0.29, 0.717) is 11.5 Å². The number of rotatable bonds is 6. The van der Waals surface area contributed by atoms with E-state index in [4.69, 9.17) is 9.72 Å². The van der Waals surface area contributed by atoms with Crippen LogP contribution in [0.5, 0.6) is 5.75 Å². The van der Waals surface area contributed by atoms with Crippen LogP contribution in [-0.4, -0.2) is 39.0 Å². The molecule has 0 radical (unpaired) electrons. The molecule has 6 heteroatoms. The quantitative estimate of drug-likeness (QED) is 0.696. The number of ether oxygens (including phenoxy) is 1. The van der Waals surface area contributed by atoms with Gasteiger partial charge in [-0.1, -0.05) is 18.2 Å². The summed E-state index contributed by atoms with van der Waals surface area (Å²) >= 11 is 0. The molecule has 3 aromatic rings. The van der Waals surface area contributed by atoms with Crippen LogP contribution in [0.1, 0.15) is 37.4 Å². The van der Waals surface area contributed by atoms with Gasteiger partial charge in [0.2, 0.25) is 0 Å². The zero-order chi connectivity index (χ0) is 20.2. The number of hydrogen-bond acceptors (Lipinski definition) is 5. The van der Waals surface area contributed by atoms with Crippen molar-refractivity contribution in [3.63, 3.8) is 0 Å². The Hall–Kier alpha value is -2.99. The first-order chi connectivity index (χ1) is 14.1. The fraction of sp³-hybridized carbons (Fsp3) is 0.348. The Morgan fingerprint density at radius 2 is 2.10 bits per heavy atom. The normalized spacial score (nSPS) is 17.0. The molecule has 0 saturated carbocycles. The number of pyridine rings is 1. The van der Waals surface area contributed by atoms with Gasteiger partial charge in [-0.3, -0.25) is 14.7 Å². The van der Waals surface area contributed by atoms with E-state index in [1.807, 2.05) is 44.2 Å². The highest BCUT2D eigenvalue weighted by Crippen LogP contribution is 2.28. The Bertz CT molecular complexity index is 1020. The predicted molar refractivity (Wildman–Crippen MR) is 113 cm³/mol. The Balaban J connectivity index is 1.46. The minimum atomic E-state index is -0.132. The third kappa shape index (κ3) is 4.90. The van der Waals surface area contributed by atoms with Gasteiger partial charge in [0, 0.05) is 31.3 Å². The minimum absolute atomic E-state index is 0.132. The van der Waals surface area contributed by atoms with Crippen LogP contribution in [0.25, 0.3) is 11.5 Å². The molecule has 1 aliphatic rings. The van der Waals surface area contributed by atoms with Gasteiger partial charge < -0.3 is 9.72 Å². The minimum Gasteiger partial charge on any atom is -0.491 e. The lowest BCUT2D eigenvalue weighted by Gasteiger charge is -2.17. The largest absolute Gasteiger partial charge is 0.491 e. The number of aromatic nitrogens is 3. The van der Waals surface area contributed by atoms with Crippen molar-refractivity contribution in [2.24, 2.45) is 0 Å². The van der Waals surface area contributed by atoms with Crippen molar-refractivity contribution >= 4 is 0 Å². The molecule has 0 bridgehead atoms. The molecule has 0 aliphatic carbocycles. The molecule has 29 heavy (non-hydrogen) atoms. The van der Waals surface area contributed by atoms with E-state index in [-0.39, 0.29) is 17.6 Å². The maximum absolute atomic E-state index is 12.2. The second kappa shape index (κ2) is 8.57. The van der Waals surface area contributed by atoms with E-state index in [1.165, 1.54) is 5.56 Å². The zero-order valence-electron chi connectivity index (χ0n) is 16.8. The van der Waals surface area contributed by atoms with E-state index in [0.717, 1.165) is 37.5 Å². The van der Waals surface area contributed by atoms with Crippen molar-refractivity contribution in [2.45, 2.75) is 38.8 Å². The molecule has 1 fully saturated rings. The van der Waals surface area contributed by atoms with Gasteiger partial charge in [0.1, 0.15) is 11.4 Å². The van der Waals surface area contributed by atoms with Crippen LogP contribution in [0.15, 0.2) is 59.5 Å². The number of hydrogen-bond donors (Lipinski definition) is 1. The van der Waals surface area contributed by atoms with Crippen molar-refractivity contribution in [1.29, 1.82) is 0 Å². The van der Waals surface area contributed by atoms with Crippen molar-refractivity contribution in [3.05, 3.63) is 76.3 Å². The van der Waals surface area contributed by atoms with Crippen LogP contribution < -0.4 is 10.3 Å². The molecular formula is C23H26N4O2. The number of nitrogens with one attached hydrogen (secondary N) is 1. The second-order valence-corrected chi connectivity index (χ2v) is 7.77. The maximum atomic E-state index is 12.2. The fourth-order valence-electron chi connectivity index (χ4n) is 3.77. The Morgan fingerprint density at radius 1 is 1.21 bits per heavy atom. The lowest BCUT2D eigenvalue weighted by molar-refractivity contribution is 0.241. The van der Waals surface area contributed by atoms with E-state index < -0.39 is 0 Å².